The number of hydrogen-bond donors (Lipinski definition) is 2. The molecule has 0 spiro atoms. The van der Waals surface area contributed by atoms with Crippen molar-refractivity contribution in [1.82, 2.24) is 5.32 Å². The van der Waals surface area contributed by atoms with Gasteiger partial charge in [-0.2, -0.15) is 0 Å². The van der Waals surface area contributed by atoms with Crippen LogP contribution < -0.4 is 5.32 Å². The number of hydrogen-bond acceptors (Lipinski definition) is 3. The summed E-state index contributed by atoms with van der Waals surface area (Å²) in [6, 6.07) is 0.144. The SMILES string of the molecule is CCC(C)NC(=O)CSC(C)(C)C(=O)O. The van der Waals surface area contributed by atoms with Crippen LogP contribution in [0.3, 0.4) is 0 Å². The van der Waals surface area contributed by atoms with Crippen LogP contribution in [-0.4, -0.2) is 33.5 Å². The first-order valence-electron chi connectivity index (χ1n) is 4.96. The Morgan fingerprint density at radius 3 is 2.40 bits per heavy atom. The Kier molecular flexibility index (Phi) is 5.72. The van der Waals surface area contributed by atoms with E-state index in [-0.39, 0.29) is 17.7 Å². The first kappa shape index (κ1) is 14.3. The highest BCUT2D eigenvalue weighted by molar-refractivity contribution is 8.01. The van der Waals surface area contributed by atoms with Crippen molar-refractivity contribution in [2.45, 2.75) is 44.9 Å². The summed E-state index contributed by atoms with van der Waals surface area (Å²) in [4.78, 5) is 22.1. The minimum atomic E-state index is -0.910. The molecular weight excluding hydrogens is 214 g/mol. The number of rotatable bonds is 6. The monoisotopic (exact) mass is 233 g/mol. The van der Waals surface area contributed by atoms with Crippen LogP contribution >= 0.6 is 11.8 Å². The van der Waals surface area contributed by atoms with E-state index in [1.54, 1.807) is 13.8 Å². The maximum atomic E-state index is 11.4. The van der Waals surface area contributed by atoms with E-state index in [4.69, 9.17) is 5.11 Å². The summed E-state index contributed by atoms with van der Waals surface area (Å²) < 4.78 is -0.910. The molecule has 15 heavy (non-hydrogen) atoms. The number of carbonyl (C=O) groups is 2. The third-order valence-corrected chi connectivity index (χ3v) is 3.40. The van der Waals surface area contributed by atoms with Crippen LogP contribution in [0.2, 0.25) is 0 Å². The second-order valence-corrected chi connectivity index (χ2v) is 5.58. The molecule has 0 radical (unpaired) electrons. The standard InChI is InChI=1S/C10H19NO3S/c1-5-7(2)11-8(12)6-15-10(3,4)9(13)14/h7H,5-6H2,1-4H3,(H,11,12)(H,13,14). The third-order valence-electron chi connectivity index (χ3n) is 2.10. The van der Waals surface area contributed by atoms with Crippen LogP contribution in [-0.2, 0) is 9.59 Å². The van der Waals surface area contributed by atoms with E-state index in [0.29, 0.717) is 0 Å². The zero-order valence-electron chi connectivity index (χ0n) is 9.66. The molecule has 4 nitrogen and oxygen atoms in total. The topological polar surface area (TPSA) is 66.4 Å². The van der Waals surface area contributed by atoms with Crippen molar-refractivity contribution in [2.75, 3.05) is 5.75 Å². The number of thioether (sulfide) groups is 1. The first-order valence-corrected chi connectivity index (χ1v) is 5.95. The molecule has 0 aliphatic heterocycles. The molecule has 88 valence electrons. The largest absolute Gasteiger partial charge is 0.480 e. The number of carboxylic acids is 1. The van der Waals surface area contributed by atoms with Crippen LogP contribution in [0.25, 0.3) is 0 Å². The molecule has 0 heterocycles. The molecule has 0 aliphatic rings. The molecule has 0 saturated carbocycles. The van der Waals surface area contributed by atoms with Gasteiger partial charge < -0.3 is 10.4 Å². The lowest BCUT2D eigenvalue weighted by Crippen LogP contribution is -2.36. The minimum absolute atomic E-state index is 0.108. The fourth-order valence-electron chi connectivity index (χ4n) is 0.726. The van der Waals surface area contributed by atoms with Gasteiger partial charge in [0.05, 0.1) is 5.75 Å². The molecule has 1 unspecified atom stereocenters. The molecule has 0 aromatic carbocycles. The van der Waals surface area contributed by atoms with Gasteiger partial charge in [0.15, 0.2) is 0 Å². The fraction of sp³-hybridized carbons (Fsp3) is 0.800. The Morgan fingerprint density at radius 2 is 2.00 bits per heavy atom. The van der Waals surface area contributed by atoms with Gasteiger partial charge in [-0.15, -0.1) is 11.8 Å². The van der Waals surface area contributed by atoms with Gasteiger partial charge >= 0.3 is 5.97 Å². The van der Waals surface area contributed by atoms with Gasteiger partial charge in [-0.25, -0.2) is 0 Å². The predicted molar refractivity (Wildman–Crippen MR) is 62.1 cm³/mol. The highest BCUT2D eigenvalue weighted by atomic mass is 32.2. The molecule has 0 aliphatic carbocycles. The number of aliphatic carboxylic acids is 1. The summed E-state index contributed by atoms with van der Waals surface area (Å²) in [6.45, 7) is 7.09. The van der Waals surface area contributed by atoms with Gasteiger partial charge in [0, 0.05) is 6.04 Å². The van der Waals surface area contributed by atoms with Gasteiger partial charge in [0.1, 0.15) is 4.75 Å². The van der Waals surface area contributed by atoms with Gasteiger partial charge in [-0.1, -0.05) is 6.92 Å². The summed E-state index contributed by atoms with van der Waals surface area (Å²) in [5.74, 6) is -0.823. The van der Waals surface area contributed by atoms with Crippen LogP contribution in [0.15, 0.2) is 0 Å². The third kappa shape index (κ3) is 5.67. The first-order chi connectivity index (χ1) is 6.79. The second-order valence-electron chi connectivity index (χ2n) is 3.98. The summed E-state index contributed by atoms with van der Waals surface area (Å²) >= 11 is 1.14. The summed E-state index contributed by atoms with van der Waals surface area (Å²) in [6.07, 6.45) is 0.874. The van der Waals surface area contributed by atoms with E-state index in [2.05, 4.69) is 5.32 Å². The van der Waals surface area contributed by atoms with Gasteiger partial charge in [0.2, 0.25) is 5.91 Å². The smallest absolute Gasteiger partial charge is 0.319 e. The van der Waals surface area contributed by atoms with Crippen LogP contribution in [0, 0.1) is 0 Å². The van der Waals surface area contributed by atoms with E-state index in [1.807, 2.05) is 13.8 Å². The van der Waals surface area contributed by atoms with Crippen molar-refractivity contribution in [1.29, 1.82) is 0 Å². The lowest BCUT2D eigenvalue weighted by atomic mass is 10.2. The van der Waals surface area contributed by atoms with Crippen LogP contribution in [0.1, 0.15) is 34.1 Å². The summed E-state index contributed by atoms with van der Waals surface area (Å²) in [7, 11) is 0. The summed E-state index contributed by atoms with van der Waals surface area (Å²) in [5, 5.41) is 11.6. The Hall–Kier alpha value is -0.710. The van der Waals surface area contributed by atoms with Gasteiger partial charge in [-0.05, 0) is 27.2 Å². The maximum Gasteiger partial charge on any atom is 0.319 e. The van der Waals surface area contributed by atoms with Crippen molar-refractivity contribution in [3.63, 3.8) is 0 Å². The molecule has 2 N–H and O–H groups in total. The highest BCUT2D eigenvalue weighted by Gasteiger charge is 2.28. The van der Waals surface area contributed by atoms with Gasteiger partial charge in [0.25, 0.3) is 0 Å². The molecule has 0 rings (SSSR count). The number of nitrogens with one attached hydrogen (secondary N) is 1. The average molecular weight is 233 g/mol. The minimum Gasteiger partial charge on any atom is -0.480 e. The summed E-state index contributed by atoms with van der Waals surface area (Å²) in [5.41, 5.74) is 0. The lowest BCUT2D eigenvalue weighted by Gasteiger charge is -2.18. The van der Waals surface area contributed by atoms with Crippen molar-refractivity contribution in [2.24, 2.45) is 0 Å². The molecule has 5 heteroatoms. The highest BCUT2D eigenvalue weighted by Crippen LogP contribution is 2.23. The van der Waals surface area contributed by atoms with E-state index >= 15 is 0 Å². The van der Waals surface area contributed by atoms with Crippen molar-refractivity contribution in [3.8, 4) is 0 Å². The molecule has 0 saturated heterocycles. The molecule has 0 bridgehead atoms. The molecule has 0 fully saturated rings. The zero-order chi connectivity index (χ0) is 12.1. The Morgan fingerprint density at radius 1 is 1.47 bits per heavy atom. The van der Waals surface area contributed by atoms with Crippen molar-refractivity contribution in [3.05, 3.63) is 0 Å². The Balaban J connectivity index is 3.96. The molecule has 0 aromatic heterocycles. The van der Waals surface area contributed by atoms with E-state index in [0.717, 1.165) is 18.2 Å². The quantitative estimate of drug-likeness (QED) is 0.729. The van der Waals surface area contributed by atoms with Crippen molar-refractivity contribution < 1.29 is 14.7 Å². The van der Waals surface area contributed by atoms with Crippen molar-refractivity contribution >= 4 is 23.6 Å². The van der Waals surface area contributed by atoms with Crippen LogP contribution in [0.4, 0.5) is 0 Å². The fourth-order valence-corrected chi connectivity index (χ4v) is 1.43. The van der Waals surface area contributed by atoms with Gasteiger partial charge in [-0.3, -0.25) is 9.59 Å². The average Bonchev–Trinajstić information content (AvgIpc) is 2.14. The van der Waals surface area contributed by atoms with E-state index < -0.39 is 10.7 Å². The van der Waals surface area contributed by atoms with E-state index in [1.165, 1.54) is 0 Å². The zero-order valence-corrected chi connectivity index (χ0v) is 10.5. The Bertz CT molecular complexity index is 241. The molecule has 0 aromatic rings. The molecule has 1 atom stereocenters. The van der Waals surface area contributed by atoms with Crippen LogP contribution in [0.5, 0.6) is 0 Å². The normalized spacial score (nSPS) is 13.3. The number of carboxylic acid groups (broad SMARTS) is 1. The molecule has 1 amide bonds. The lowest BCUT2D eigenvalue weighted by molar-refractivity contribution is -0.138. The maximum absolute atomic E-state index is 11.4. The number of carbonyl (C=O) groups excluding carboxylic acids is 1. The Labute approximate surface area is 94.8 Å². The van der Waals surface area contributed by atoms with E-state index in [9.17, 15) is 9.59 Å². The number of amides is 1. The second kappa shape index (κ2) is 6.00. The predicted octanol–water partition coefficient (Wildman–Crippen LogP) is 1.50. The molecular formula is C10H19NO3S.